The minimum absolute atomic E-state index is 0.426. The highest BCUT2D eigenvalue weighted by Gasteiger charge is 2.06. The van der Waals surface area contributed by atoms with E-state index >= 15 is 0 Å². The van der Waals surface area contributed by atoms with Gasteiger partial charge in [-0.2, -0.15) is 10.2 Å². The van der Waals surface area contributed by atoms with Gasteiger partial charge in [0.05, 0.1) is 11.4 Å². The molecular weight excluding hydrogens is 208 g/mol. The molecule has 0 aliphatic carbocycles. The topological polar surface area (TPSA) is 25.8 Å². The van der Waals surface area contributed by atoms with E-state index in [-0.39, 0.29) is 0 Å². The van der Waals surface area contributed by atoms with Gasteiger partial charge in [0.1, 0.15) is 0 Å². The number of aromatic nitrogens is 2. The predicted octanol–water partition coefficient (Wildman–Crippen LogP) is 3.88. The summed E-state index contributed by atoms with van der Waals surface area (Å²) in [5.41, 5.74) is 5.66. The molecule has 0 aliphatic rings. The standard InChI is InChI=1S/C15H18N2/c1-10(2)14-7-8-15(17-16-14)13-9-11(3)5-6-12(13)4/h5-10H,1-4H3. The maximum Gasteiger partial charge on any atom is 0.0932 e. The first-order chi connectivity index (χ1) is 8.08. The first-order valence-electron chi connectivity index (χ1n) is 5.99. The second kappa shape index (κ2) is 4.66. The molecule has 0 unspecified atom stereocenters. The van der Waals surface area contributed by atoms with Gasteiger partial charge in [-0.25, -0.2) is 0 Å². The molecule has 2 rings (SSSR count). The van der Waals surface area contributed by atoms with Crippen molar-refractivity contribution >= 4 is 0 Å². The maximum atomic E-state index is 4.32. The van der Waals surface area contributed by atoms with Crippen LogP contribution in [0.3, 0.4) is 0 Å². The molecule has 17 heavy (non-hydrogen) atoms. The SMILES string of the molecule is Cc1ccc(C)c(-c2ccc(C(C)C)nn2)c1. The van der Waals surface area contributed by atoms with Crippen molar-refractivity contribution in [3.05, 3.63) is 47.2 Å². The van der Waals surface area contributed by atoms with E-state index in [9.17, 15) is 0 Å². The first kappa shape index (κ1) is 11.8. The number of nitrogens with zero attached hydrogens (tertiary/aromatic N) is 2. The van der Waals surface area contributed by atoms with E-state index in [1.165, 1.54) is 16.7 Å². The van der Waals surface area contributed by atoms with E-state index in [1.54, 1.807) is 0 Å². The van der Waals surface area contributed by atoms with E-state index in [2.05, 4.69) is 68.2 Å². The van der Waals surface area contributed by atoms with Crippen LogP contribution < -0.4 is 0 Å². The Labute approximate surface area is 103 Å². The van der Waals surface area contributed by atoms with Crippen LogP contribution in [0.15, 0.2) is 30.3 Å². The zero-order chi connectivity index (χ0) is 12.4. The van der Waals surface area contributed by atoms with Gasteiger partial charge in [0.2, 0.25) is 0 Å². The number of aryl methyl sites for hydroxylation is 2. The molecule has 0 fully saturated rings. The third kappa shape index (κ3) is 2.52. The van der Waals surface area contributed by atoms with E-state index < -0.39 is 0 Å². The summed E-state index contributed by atoms with van der Waals surface area (Å²) < 4.78 is 0. The van der Waals surface area contributed by atoms with E-state index in [4.69, 9.17) is 0 Å². The second-order valence-electron chi connectivity index (χ2n) is 4.82. The van der Waals surface area contributed by atoms with Crippen LogP contribution in [0.25, 0.3) is 11.3 Å². The molecule has 2 aromatic rings. The van der Waals surface area contributed by atoms with Gasteiger partial charge >= 0.3 is 0 Å². The fourth-order valence-electron chi connectivity index (χ4n) is 1.81. The molecule has 0 aliphatic heterocycles. The summed E-state index contributed by atoms with van der Waals surface area (Å²) in [4.78, 5) is 0. The molecule has 1 heterocycles. The summed E-state index contributed by atoms with van der Waals surface area (Å²) in [6, 6.07) is 10.5. The largest absolute Gasteiger partial charge is 0.155 e. The summed E-state index contributed by atoms with van der Waals surface area (Å²) >= 11 is 0. The minimum Gasteiger partial charge on any atom is -0.155 e. The van der Waals surface area contributed by atoms with Gasteiger partial charge < -0.3 is 0 Å². The number of benzene rings is 1. The molecule has 2 heteroatoms. The van der Waals surface area contributed by atoms with Crippen LogP contribution in [0.5, 0.6) is 0 Å². The van der Waals surface area contributed by atoms with Crippen LogP contribution in [-0.4, -0.2) is 10.2 Å². The highest BCUT2D eigenvalue weighted by atomic mass is 15.1. The average Bonchev–Trinajstić information content (AvgIpc) is 2.32. The van der Waals surface area contributed by atoms with Gasteiger partial charge in [-0.15, -0.1) is 0 Å². The summed E-state index contributed by atoms with van der Waals surface area (Å²) in [5.74, 6) is 0.426. The lowest BCUT2D eigenvalue weighted by Crippen LogP contribution is -1.97. The van der Waals surface area contributed by atoms with E-state index in [1.807, 2.05) is 0 Å². The van der Waals surface area contributed by atoms with Crippen LogP contribution in [-0.2, 0) is 0 Å². The summed E-state index contributed by atoms with van der Waals surface area (Å²) in [5, 5.41) is 8.60. The summed E-state index contributed by atoms with van der Waals surface area (Å²) in [7, 11) is 0. The van der Waals surface area contributed by atoms with Crippen LogP contribution in [0, 0.1) is 13.8 Å². The Balaban J connectivity index is 2.43. The minimum atomic E-state index is 0.426. The predicted molar refractivity (Wildman–Crippen MR) is 71.0 cm³/mol. The van der Waals surface area contributed by atoms with Gasteiger partial charge in [0.25, 0.3) is 0 Å². The van der Waals surface area contributed by atoms with E-state index in [0.717, 1.165) is 11.4 Å². The van der Waals surface area contributed by atoms with Crippen molar-refractivity contribution in [1.82, 2.24) is 10.2 Å². The Morgan fingerprint density at radius 3 is 2.29 bits per heavy atom. The van der Waals surface area contributed by atoms with Crippen molar-refractivity contribution in [2.75, 3.05) is 0 Å². The Hall–Kier alpha value is -1.70. The number of rotatable bonds is 2. The van der Waals surface area contributed by atoms with E-state index in [0.29, 0.717) is 5.92 Å². The smallest absolute Gasteiger partial charge is 0.0932 e. The van der Waals surface area contributed by atoms with Gasteiger partial charge in [-0.05, 0) is 43.5 Å². The van der Waals surface area contributed by atoms with Gasteiger partial charge in [-0.3, -0.25) is 0 Å². The molecule has 1 aromatic carbocycles. The van der Waals surface area contributed by atoms with Crippen molar-refractivity contribution in [3.8, 4) is 11.3 Å². The lowest BCUT2D eigenvalue weighted by molar-refractivity contribution is 0.787. The molecule has 0 N–H and O–H groups in total. The molecule has 2 nitrogen and oxygen atoms in total. The third-order valence-corrected chi connectivity index (χ3v) is 2.95. The fraction of sp³-hybridized carbons (Fsp3) is 0.333. The quantitative estimate of drug-likeness (QED) is 0.776. The van der Waals surface area contributed by atoms with Crippen LogP contribution in [0.2, 0.25) is 0 Å². The van der Waals surface area contributed by atoms with Crippen molar-refractivity contribution < 1.29 is 0 Å². The third-order valence-electron chi connectivity index (χ3n) is 2.95. The highest BCUT2D eigenvalue weighted by molar-refractivity contribution is 5.63. The Morgan fingerprint density at radius 2 is 1.71 bits per heavy atom. The molecule has 1 aromatic heterocycles. The normalized spacial score (nSPS) is 10.9. The zero-order valence-electron chi connectivity index (χ0n) is 10.9. The van der Waals surface area contributed by atoms with Crippen LogP contribution in [0.4, 0.5) is 0 Å². The van der Waals surface area contributed by atoms with Gasteiger partial charge in [-0.1, -0.05) is 31.5 Å². The molecule has 0 bridgehead atoms. The monoisotopic (exact) mass is 226 g/mol. The average molecular weight is 226 g/mol. The maximum absolute atomic E-state index is 4.32. The Morgan fingerprint density at radius 1 is 0.941 bits per heavy atom. The fourth-order valence-corrected chi connectivity index (χ4v) is 1.81. The first-order valence-corrected chi connectivity index (χ1v) is 5.99. The lowest BCUT2D eigenvalue weighted by Gasteiger charge is -2.07. The van der Waals surface area contributed by atoms with Gasteiger partial charge in [0, 0.05) is 5.56 Å². The second-order valence-corrected chi connectivity index (χ2v) is 4.82. The van der Waals surface area contributed by atoms with Crippen molar-refractivity contribution in [3.63, 3.8) is 0 Å². The molecule has 0 amide bonds. The summed E-state index contributed by atoms with van der Waals surface area (Å²) in [6.45, 7) is 8.45. The molecular formula is C15H18N2. The number of hydrogen-bond acceptors (Lipinski definition) is 2. The Kier molecular flexibility index (Phi) is 3.23. The van der Waals surface area contributed by atoms with Crippen molar-refractivity contribution in [2.45, 2.75) is 33.6 Å². The Bertz CT molecular complexity index is 513. The van der Waals surface area contributed by atoms with Crippen LogP contribution >= 0.6 is 0 Å². The molecule has 0 saturated carbocycles. The van der Waals surface area contributed by atoms with Crippen LogP contribution in [0.1, 0.15) is 36.6 Å². The highest BCUT2D eigenvalue weighted by Crippen LogP contribution is 2.23. The molecule has 0 atom stereocenters. The number of hydrogen-bond donors (Lipinski definition) is 0. The summed E-state index contributed by atoms with van der Waals surface area (Å²) in [6.07, 6.45) is 0. The van der Waals surface area contributed by atoms with Crippen molar-refractivity contribution in [1.29, 1.82) is 0 Å². The lowest BCUT2D eigenvalue weighted by atomic mass is 10.0. The zero-order valence-corrected chi connectivity index (χ0v) is 10.9. The molecule has 88 valence electrons. The molecule has 0 spiro atoms. The van der Waals surface area contributed by atoms with Gasteiger partial charge in [0.15, 0.2) is 0 Å². The molecule has 0 saturated heterocycles. The molecule has 0 radical (unpaired) electrons. The van der Waals surface area contributed by atoms with Crippen molar-refractivity contribution in [2.24, 2.45) is 0 Å².